The van der Waals surface area contributed by atoms with Crippen LogP contribution in [0, 0.1) is 35.5 Å². The molecule has 128 valence electrons. The molecule has 0 nitrogen and oxygen atoms in total. The Kier molecular flexibility index (Phi) is 6.22. The van der Waals surface area contributed by atoms with E-state index in [0.29, 0.717) is 5.92 Å². The molecule has 0 aromatic heterocycles. The van der Waals surface area contributed by atoms with Crippen molar-refractivity contribution in [1.82, 2.24) is 0 Å². The summed E-state index contributed by atoms with van der Waals surface area (Å²) in [5.74, 6) is 5.49. The number of halogens is 1. The summed E-state index contributed by atoms with van der Waals surface area (Å²) in [7, 11) is 0. The van der Waals surface area contributed by atoms with Crippen molar-refractivity contribution in [2.24, 2.45) is 35.5 Å². The predicted octanol–water partition coefficient (Wildman–Crippen LogP) is 6.79. The van der Waals surface area contributed by atoms with Gasteiger partial charge in [-0.15, -0.1) is 0 Å². The largest absolute Gasteiger partial charge is 0.251 e. The number of rotatable bonds is 4. The lowest BCUT2D eigenvalue weighted by Gasteiger charge is -2.41. The van der Waals surface area contributed by atoms with Crippen molar-refractivity contribution >= 4 is 0 Å². The average molecular weight is 309 g/mol. The van der Waals surface area contributed by atoms with Crippen LogP contribution >= 0.6 is 0 Å². The first-order valence-electron chi connectivity index (χ1n) is 10.4. The molecular formula is C21H37F. The molecule has 0 amide bonds. The van der Waals surface area contributed by atoms with Crippen molar-refractivity contribution in [3.8, 4) is 0 Å². The first-order valence-corrected chi connectivity index (χ1v) is 10.4. The van der Waals surface area contributed by atoms with Crippen molar-refractivity contribution < 1.29 is 4.39 Å². The van der Waals surface area contributed by atoms with E-state index in [9.17, 15) is 4.39 Å². The van der Waals surface area contributed by atoms with Gasteiger partial charge in [0.1, 0.15) is 0 Å². The highest BCUT2D eigenvalue weighted by atomic mass is 19.1. The normalized spacial score (nSPS) is 43.9. The molecule has 3 saturated carbocycles. The quantitative estimate of drug-likeness (QED) is 0.536. The molecule has 3 rings (SSSR count). The molecule has 0 aliphatic heterocycles. The zero-order chi connectivity index (χ0) is 15.4. The Morgan fingerprint density at radius 1 is 0.545 bits per heavy atom. The van der Waals surface area contributed by atoms with Crippen LogP contribution in [0.4, 0.5) is 4.39 Å². The van der Waals surface area contributed by atoms with Gasteiger partial charge >= 0.3 is 0 Å². The first kappa shape index (κ1) is 16.8. The predicted molar refractivity (Wildman–Crippen MR) is 92.6 cm³/mol. The minimum atomic E-state index is -0.0695. The highest BCUT2D eigenvalue weighted by molar-refractivity contribution is 4.85. The van der Waals surface area contributed by atoms with Crippen LogP contribution < -0.4 is 0 Å². The van der Waals surface area contributed by atoms with E-state index in [1.54, 1.807) is 0 Å². The topological polar surface area (TPSA) is 0 Å². The number of hydrogen-bond acceptors (Lipinski definition) is 0. The maximum atomic E-state index is 12.8. The lowest BCUT2D eigenvalue weighted by Crippen LogP contribution is -2.30. The van der Waals surface area contributed by atoms with Gasteiger partial charge < -0.3 is 0 Å². The molecule has 0 aromatic rings. The summed E-state index contributed by atoms with van der Waals surface area (Å²) in [6.07, 6.45) is 18.5. The third kappa shape index (κ3) is 4.06. The maximum Gasteiger partial charge on any atom is 0.0922 e. The second-order valence-corrected chi connectivity index (χ2v) is 8.80. The molecule has 0 saturated heterocycles. The van der Waals surface area contributed by atoms with Crippen LogP contribution in [-0.4, -0.2) is 6.67 Å². The highest BCUT2D eigenvalue weighted by Gasteiger charge is 2.34. The first-order chi connectivity index (χ1) is 10.8. The molecular weight excluding hydrogens is 271 g/mol. The van der Waals surface area contributed by atoms with Gasteiger partial charge in [0.2, 0.25) is 0 Å². The van der Waals surface area contributed by atoms with Crippen LogP contribution in [-0.2, 0) is 0 Å². The van der Waals surface area contributed by atoms with E-state index in [1.807, 2.05) is 0 Å². The molecule has 0 heterocycles. The monoisotopic (exact) mass is 308 g/mol. The summed E-state index contributed by atoms with van der Waals surface area (Å²) in [5.41, 5.74) is 0. The second kappa shape index (κ2) is 8.15. The molecule has 1 heteroatoms. The fourth-order valence-electron chi connectivity index (χ4n) is 5.97. The Labute approximate surface area is 137 Å². The molecule has 0 spiro atoms. The third-order valence-corrected chi connectivity index (χ3v) is 7.73. The summed E-state index contributed by atoms with van der Waals surface area (Å²) in [5, 5.41) is 0. The van der Waals surface area contributed by atoms with Crippen LogP contribution in [0.5, 0.6) is 0 Å². The van der Waals surface area contributed by atoms with Crippen LogP contribution in [0.2, 0.25) is 0 Å². The molecule has 0 radical (unpaired) electrons. The van der Waals surface area contributed by atoms with E-state index in [1.165, 1.54) is 83.5 Å². The van der Waals surface area contributed by atoms with Crippen LogP contribution in [0.15, 0.2) is 0 Å². The van der Waals surface area contributed by atoms with Crippen molar-refractivity contribution in [3.63, 3.8) is 0 Å². The standard InChI is InChI=1S/C21H37F/c1-2-16-3-7-18(8-4-16)20-11-13-21(14-12-20)19-9-5-17(15-22)6-10-19/h16-21H,2-15H2,1H3. The van der Waals surface area contributed by atoms with Gasteiger partial charge in [0.15, 0.2) is 0 Å². The minimum Gasteiger partial charge on any atom is -0.251 e. The summed E-state index contributed by atoms with van der Waals surface area (Å²) in [6.45, 7) is 2.30. The van der Waals surface area contributed by atoms with Gasteiger partial charge in [-0.3, -0.25) is 4.39 Å². The summed E-state index contributed by atoms with van der Waals surface area (Å²) in [4.78, 5) is 0. The van der Waals surface area contributed by atoms with Gasteiger partial charge in [-0.2, -0.15) is 0 Å². The zero-order valence-corrected chi connectivity index (χ0v) is 14.7. The van der Waals surface area contributed by atoms with E-state index >= 15 is 0 Å². The Bertz CT molecular complexity index is 270. The molecule has 0 bridgehead atoms. The fourth-order valence-corrected chi connectivity index (χ4v) is 5.97. The maximum absolute atomic E-state index is 12.8. The molecule has 3 aliphatic carbocycles. The van der Waals surface area contributed by atoms with Crippen LogP contribution in [0.3, 0.4) is 0 Å². The SMILES string of the molecule is CCC1CCC(C2CCC(C3CCC(CF)CC3)CC2)CC1. The number of hydrogen-bond donors (Lipinski definition) is 0. The van der Waals surface area contributed by atoms with Crippen LogP contribution in [0.1, 0.15) is 90.4 Å². The molecule has 3 aliphatic rings. The van der Waals surface area contributed by atoms with Gasteiger partial charge in [-0.25, -0.2) is 0 Å². The van der Waals surface area contributed by atoms with Gasteiger partial charge in [-0.1, -0.05) is 26.2 Å². The zero-order valence-electron chi connectivity index (χ0n) is 14.7. The van der Waals surface area contributed by atoms with Crippen molar-refractivity contribution in [3.05, 3.63) is 0 Å². The van der Waals surface area contributed by atoms with E-state index in [4.69, 9.17) is 0 Å². The molecule has 0 N–H and O–H groups in total. The molecule has 0 aromatic carbocycles. The second-order valence-electron chi connectivity index (χ2n) is 8.80. The summed E-state index contributed by atoms with van der Waals surface area (Å²) >= 11 is 0. The Morgan fingerprint density at radius 2 is 0.864 bits per heavy atom. The van der Waals surface area contributed by atoms with Crippen molar-refractivity contribution in [1.29, 1.82) is 0 Å². The van der Waals surface area contributed by atoms with E-state index in [0.717, 1.165) is 29.6 Å². The van der Waals surface area contributed by atoms with Gasteiger partial charge in [0.05, 0.1) is 6.67 Å². The van der Waals surface area contributed by atoms with Crippen LogP contribution in [0.25, 0.3) is 0 Å². The summed E-state index contributed by atoms with van der Waals surface area (Å²) in [6, 6.07) is 0. The van der Waals surface area contributed by atoms with Crippen molar-refractivity contribution in [2.75, 3.05) is 6.67 Å². The Morgan fingerprint density at radius 3 is 1.18 bits per heavy atom. The van der Waals surface area contributed by atoms with Gasteiger partial charge in [-0.05, 0) is 99.7 Å². The van der Waals surface area contributed by atoms with E-state index in [2.05, 4.69) is 6.92 Å². The highest BCUT2D eigenvalue weighted by Crippen LogP contribution is 2.46. The average Bonchev–Trinajstić information content (AvgIpc) is 2.62. The fraction of sp³-hybridized carbons (Fsp3) is 1.00. The van der Waals surface area contributed by atoms with E-state index < -0.39 is 0 Å². The molecule has 0 atom stereocenters. The van der Waals surface area contributed by atoms with Gasteiger partial charge in [0.25, 0.3) is 0 Å². The number of alkyl halides is 1. The Balaban J connectivity index is 1.39. The molecule has 3 fully saturated rings. The smallest absolute Gasteiger partial charge is 0.0922 e. The lowest BCUT2D eigenvalue weighted by atomic mass is 9.65. The molecule has 22 heavy (non-hydrogen) atoms. The lowest BCUT2D eigenvalue weighted by molar-refractivity contribution is 0.101. The van der Waals surface area contributed by atoms with Crippen molar-refractivity contribution in [2.45, 2.75) is 90.4 Å². The van der Waals surface area contributed by atoms with E-state index in [-0.39, 0.29) is 6.67 Å². The third-order valence-electron chi connectivity index (χ3n) is 7.73. The molecule has 0 unspecified atom stereocenters. The Hall–Kier alpha value is -0.0700. The minimum absolute atomic E-state index is 0.0695. The summed E-state index contributed by atoms with van der Waals surface area (Å²) < 4.78 is 12.8. The van der Waals surface area contributed by atoms with Gasteiger partial charge in [0, 0.05) is 0 Å².